The first kappa shape index (κ1) is 15.0. The van der Waals surface area contributed by atoms with Gasteiger partial charge in [-0.25, -0.2) is 0 Å². The Morgan fingerprint density at radius 2 is 2.27 bits per heavy atom. The summed E-state index contributed by atoms with van der Waals surface area (Å²) in [5, 5.41) is 13.6. The molecule has 3 heterocycles. The van der Waals surface area contributed by atoms with Crippen LogP contribution in [0.4, 0.5) is 0 Å². The largest absolute Gasteiger partial charge is 0.354 e. The molecule has 1 N–H and O–H groups in total. The topological polar surface area (TPSA) is 46.9 Å². The zero-order chi connectivity index (χ0) is 15.4. The fourth-order valence-electron chi connectivity index (χ4n) is 2.22. The summed E-state index contributed by atoms with van der Waals surface area (Å²) in [5.41, 5.74) is 3.17. The van der Waals surface area contributed by atoms with Crippen LogP contribution in [0, 0.1) is 6.92 Å². The number of hydrogen-bond acceptors (Lipinski definition) is 4. The maximum Gasteiger partial charge on any atom is 0.224 e. The highest BCUT2D eigenvalue weighted by Gasteiger charge is 2.08. The third-order valence-corrected chi connectivity index (χ3v) is 4.97. The van der Waals surface area contributed by atoms with Crippen molar-refractivity contribution in [3.63, 3.8) is 0 Å². The molecule has 0 saturated carbocycles. The summed E-state index contributed by atoms with van der Waals surface area (Å²) in [7, 11) is 0. The van der Waals surface area contributed by atoms with E-state index in [-0.39, 0.29) is 5.91 Å². The Kier molecular flexibility index (Phi) is 4.70. The Bertz CT molecular complexity index is 730. The van der Waals surface area contributed by atoms with E-state index < -0.39 is 0 Å². The van der Waals surface area contributed by atoms with Gasteiger partial charge in [-0.2, -0.15) is 16.4 Å². The summed E-state index contributed by atoms with van der Waals surface area (Å²) in [4.78, 5) is 13.0. The molecule has 114 valence electrons. The number of aryl methyl sites for hydroxylation is 1. The van der Waals surface area contributed by atoms with Crippen molar-refractivity contribution >= 4 is 28.6 Å². The van der Waals surface area contributed by atoms with Gasteiger partial charge in [0, 0.05) is 12.2 Å². The molecule has 22 heavy (non-hydrogen) atoms. The van der Waals surface area contributed by atoms with Gasteiger partial charge in [0.05, 0.1) is 17.8 Å². The van der Waals surface area contributed by atoms with Crippen LogP contribution < -0.4 is 5.32 Å². The maximum absolute atomic E-state index is 11.8. The third kappa shape index (κ3) is 3.64. The fraction of sp³-hybridized carbons (Fsp3) is 0.250. The van der Waals surface area contributed by atoms with E-state index in [1.165, 1.54) is 4.88 Å². The van der Waals surface area contributed by atoms with Crippen molar-refractivity contribution in [1.29, 1.82) is 0 Å². The van der Waals surface area contributed by atoms with Gasteiger partial charge in [-0.15, -0.1) is 11.3 Å². The first-order valence-corrected chi connectivity index (χ1v) is 8.91. The number of thiophene rings is 2. The summed E-state index contributed by atoms with van der Waals surface area (Å²) in [6.07, 6.45) is 0.446. The Morgan fingerprint density at radius 3 is 3.00 bits per heavy atom. The summed E-state index contributed by atoms with van der Waals surface area (Å²) in [5.74, 6) is 0.0571. The lowest BCUT2D eigenvalue weighted by molar-refractivity contribution is -0.120. The average Bonchev–Trinajstić information content (AvgIpc) is 3.21. The molecule has 0 fully saturated rings. The summed E-state index contributed by atoms with van der Waals surface area (Å²) < 4.78 is 1.94. The van der Waals surface area contributed by atoms with Crippen molar-refractivity contribution in [3.8, 4) is 10.6 Å². The van der Waals surface area contributed by atoms with E-state index in [1.807, 2.05) is 39.9 Å². The SMILES string of the molecule is Cc1cc(-c2cccs2)nn1CCNC(=O)Cc1ccsc1. The highest BCUT2D eigenvalue weighted by atomic mass is 32.1. The minimum absolute atomic E-state index is 0.0571. The summed E-state index contributed by atoms with van der Waals surface area (Å²) in [6.45, 7) is 3.32. The van der Waals surface area contributed by atoms with Crippen molar-refractivity contribution in [2.75, 3.05) is 6.54 Å². The molecule has 0 aliphatic rings. The van der Waals surface area contributed by atoms with Crippen LogP contribution in [0.25, 0.3) is 10.6 Å². The molecule has 3 aromatic heterocycles. The van der Waals surface area contributed by atoms with Crippen LogP contribution in [0.15, 0.2) is 40.4 Å². The third-order valence-electron chi connectivity index (χ3n) is 3.35. The molecule has 0 unspecified atom stereocenters. The van der Waals surface area contributed by atoms with Gasteiger partial charge in [-0.05, 0) is 46.8 Å². The number of carbonyl (C=O) groups excluding carboxylic acids is 1. The van der Waals surface area contributed by atoms with Gasteiger partial charge in [0.25, 0.3) is 0 Å². The molecule has 0 aliphatic heterocycles. The zero-order valence-electron chi connectivity index (χ0n) is 12.3. The van der Waals surface area contributed by atoms with Crippen molar-refractivity contribution in [2.45, 2.75) is 19.9 Å². The lowest BCUT2D eigenvalue weighted by Gasteiger charge is -2.06. The molecule has 4 nitrogen and oxygen atoms in total. The predicted molar refractivity (Wildman–Crippen MR) is 91.3 cm³/mol. The molecular weight excluding hydrogens is 314 g/mol. The minimum Gasteiger partial charge on any atom is -0.354 e. The molecule has 0 aromatic carbocycles. The quantitative estimate of drug-likeness (QED) is 0.753. The number of rotatable bonds is 6. The van der Waals surface area contributed by atoms with E-state index >= 15 is 0 Å². The molecule has 1 amide bonds. The van der Waals surface area contributed by atoms with Crippen LogP contribution in [0.3, 0.4) is 0 Å². The number of aromatic nitrogens is 2. The van der Waals surface area contributed by atoms with Gasteiger partial charge in [-0.1, -0.05) is 6.07 Å². The van der Waals surface area contributed by atoms with E-state index in [4.69, 9.17) is 0 Å². The lowest BCUT2D eigenvalue weighted by Crippen LogP contribution is -2.28. The van der Waals surface area contributed by atoms with E-state index in [0.717, 1.165) is 17.0 Å². The Morgan fingerprint density at radius 1 is 1.36 bits per heavy atom. The van der Waals surface area contributed by atoms with Crippen molar-refractivity contribution in [3.05, 3.63) is 51.7 Å². The summed E-state index contributed by atoms with van der Waals surface area (Å²) >= 11 is 3.30. The highest BCUT2D eigenvalue weighted by Crippen LogP contribution is 2.23. The molecule has 3 rings (SSSR count). The van der Waals surface area contributed by atoms with E-state index in [0.29, 0.717) is 19.5 Å². The lowest BCUT2D eigenvalue weighted by atomic mass is 10.2. The van der Waals surface area contributed by atoms with Crippen LogP contribution in [0.5, 0.6) is 0 Å². The highest BCUT2D eigenvalue weighted by molar-refractivity contribution is 7.13. The number of hydrogen-bond donors (Lipinski definition) is 1. The molecule has 0 radical (unpaired) electrons. The van der Waals surface area contributed by atoms with Crippen LogP contribution in [-0.4, -0.2) is 22.2 Å². The molecule has 0 bridgehead atoms. The van der Waals surface area contributed by atoms with Crippen LogP contribution in [0.2, 0.25) is 0 Å². The second-order valence-electron chi connectivity index (χ2n) is 5.03. The van der Waals surface area contributed by atoms with Crippen LogP contribution >= 0.6 is 22.7 Å². The van der Waals surface area contributed by atoms with Gasteiger partial charge in [0.15, 0.2) is 0 Å². The number of carbonyl (C=O) groups is 1. The Hall–Kier alpha value is -1.92. The first-order chi connectivity index (χ1) is 10.7. The second kappa shape index (κ2) is 6.89. The normalized spacial score (nSPS) is 10.8. The minimum atomic E-state index is 0.0571. The number of nitrogens with one attached hydrogen (secondary N) is 1. The molecule has 0 saturated heterocycles. The van der Waals surface area contributed by atoms with Crippen molar-refractivity contribution < 1.29 is 4.79 Å². The van der Waals surface area contributed by atoms with Crippen LogP contribution in [0.1, 0.15) is 11.3 Å². The van der Waals surface area contributed by atoms with Crippen molar-refractivity contribution in [2.24, 2.45) is 0 Å². The van der Waals surface area contributed by atoms with Gasteiger partial charge in [0.2, 0.25) is 5.91 Å². The van der Waals surface area contributed by atoms with Crippen molar-refractivity contribution in [1.82, 2.24) is 15.1 Å². The van der Waals surface area contributed by atoms with E-state index in [1.54, 1.807) is 22.7 Å². The zero-order valence-corrected chi connectivity index (χ0v) is 13.9. The van der Waals surface area contributed by atoms with Crippen LogP contribution in [-0.2, 0) is 17.8 Å². The van der Waals surface area contributed by atoms with E-state index in [2.05, 4.69) is 22.5 Å². The van der Waals surface area contributed by atoms with Gasteiger partial charge < -0.3 is 5.32 Å². The molecule has 3 aromatic rings. The van der Waals surface area contributed by atoms with Gasteiger partial charge >= 0.3 is 0 Å². The number of nitrogens with zero attached hydrogens (tertiary/aromatic N) is 2. The molecule has 0 atom stereocenters. The number of amides is 1. The monoisotopic (exact) mass is 331 g/mol. The first-order valence-electron chi connectivity index (χ1n) is 7.08. The smallest absolute Gasteiger partial charge is 0.224 e. The maximum atomic E-state index is 11.8. The standard InChI is InChI=1S/C16H17N3OS2/c1-12-9-14(15-3-2-7-22-15)18-19(12)6-5-17-16(20)10-13-4-8-21-11-13/h2-4,7-9,11H,5-6,10H2,1H3,(H,17,20). The molecule has 0 aliphatic carbocycles. The predicted octanol–water partition coefficient (Wildman–Crippen LogP) is 3.34. The fourth-order valence-corrected chi connectivity index (χ4v) is 3.57. The molecular formula is C16H17N3OS2. The van der Waals surface area contributed by atoms with Gasteiger partial charge in [0.1, 0.15) is 5.69 Å². The Balaban J connectivity index is 1.52. The van der Waals surface area contributed by atoms with Gasteiger partial charge in [-0.3, -0.25) is 9.48 Å². The Labute approximate surface area is 137 Å². The summed E-state index contributed by atoms with van der Waals surface area (Å²) in [6, 6.07) is 8.16. The molecule has 0 spiro atoms. The second-order valence-corrected chi connectivity index (χ2v) is 6.76. The average molecular weight is 331 g/mol. The molecule has 6 heteroatoms. The van der Waals surface area contributed by atoms with E-state index in [9.17, 15) is 4.79 Å².